The van der Waals surface area contributed by atoms with Gasteiger partial charge in [0.15, 0.2) is 0 Å². The summed E-state index contributed by atoms with van der Waals surface area (Å²) in [7, 11) is -2.48. The van der Waals surface area contributed by atoms with Crippen LogP contribution in [0.5, 0.6) is 0 Å². The molecule has 0 aliphatic rings. The first-order valence-corrected chi connectivity index (χ1v) is 7.20. The Morgan fingerprint density at radius 1 is 1.37 bits per heavy atom. The molecule has 7 heteroatoms. The molecule has 1 aromatic rings. The number of benzene rings is 1. The Labute approximate surface area is 113 Å². The zero-order valence-electron chi connectivity index (χ0n) is 11.2. The maximum Gasteiger partial charge on any atom is 0.306 e. The number of carbonyl (C=O) groups excluding carboxylic acids is 1. The lowest BCUT2D eigenvalue weighted by Crippen LogP contribution is -2.28. The summed E-state index contributed by atoms with van der Waals surface area (Å²) in [6.45, 7) is 3.48. The third-order valence-corrected chi connectivity index (χ3v) is 4.49. The Balaban J connectivity index is 2.95. The maximum absolute atomic E-state index is 12.2. The Morgan fingerprint density at radius 3 is 2.58 bits per heavy atom. The lowest BCUT2D eigenvalue weighted by atomic mass is 10.1. The average Bonchev–Trinajstić information content (AvgIpc) is 2.33. The molecule has 0 amide bonds. The van der Waals surface area contributed by atoms with E-state index in [4.69, 9.17) is 5.73 Å². The molecule has 0 heterocycles. The number of carbonyl (C=O) groups is 1. The molecule has 0 fully saturated rings. The molecule has 0 radical (unpaired) electrons. The molecule has 0 atom stereocenters. The number of methoxy groups -OCH3 is 1. The second-order valence-electron chi connectivity index (χ2n) is 4.15. The second-order valence-corrected chi connectivity index (χ2v) is 5.85. The van der Waals surface area contributed by atoms with Gasteiger partial charge in [0.25, 0.3) is 0 Å². The van der Waals surface area contributed by atoms with Crippen molar-refractivity contribution in [1.29, 1.82) is 0 Å². The highest BCUT2D eigenvalue weighted by Gasteiger charge is 2.21. The molecular formula is C12H18N2O4S. The molecule has 0 aromatic heterocycles. The van der Waals surface area contributed by atoms with Crippen LogP contribution in [0.15, 0.2) is 17.0 Å². The minimum atomic E-state index is -3.73. The van der Waals surface area contributed by atoms with E-state index in [9.17, 15) is 13.2 Å². The van der Waals surface area contributed by atoms with Crippen molar-refractivity contribution in [3.63, 3.8) is 0 Å². The number of esters is 1. The average molecular weight is 286 g/mol. The van der Waals surface area contributed by atoms with Crippen molar-refractivity contribution in [2.24, 2.45) is 0 Å². The van der Waals surface area contributed by atoms with Crippen LogP contribution in [-0.4, -0.2) is 28.0 Å². The van der Waals surface area contributed by atoms with E-state index in [2.05, 4.69) is 9.46 Å². The molecule has 0 saturated carbocycles. The topological polar surface area (TPSA) is 98.5 Å². The highest BCUT2D eigenvalue weighted by atomic mass is 32.2. The Bertz CT molecular complexity index is 582. The summed E-state index contributed by atoms with van der Waals surface area (Å²) in [5.41, 5.74) is 7.35. The van der Waals surface area contributed by atoms with Crippen molar-refractivity contribution in [2.75, 3.05) is 19.4 Å². The molecule has 0 aliphatic heterocycles. The number of nitrogen functional groups attached to an aromatic ring is 1. The van der Waals surface area contributed by atoms with Gasteiger partial charge >= 0.3 is 5.97 Å². The van der Waals surface area contributed by atoms with Crippen LogP contribution in [0, 0.1) is 13.8 Å². The van der Waals surface area contributed by atoms with E-state index in [0.717, 1.165) is 5.56 Å². The highest BCUT2D eigenvalue weighted by Crippen LogP contribution is 2.24. The van der Waals surface area contributed by atoms with Gasteiger partial charge in [-0.05, 0) is 31.0 Å². The van der Waals surface area contributed by atoms with E-state index < -0.39 is 16.0 Å². The Morgan fingerprint density at radius 2 is 2.00 bits per heavy atom. The van der Waals surface area contributed by atoms with Crippen molar-refractivity contribution in [1.82, 2.24) is 4.72 Å². The first-order chi connectivity index (χ1) is 8.79. The lowest BCUT2D eigenvalue weighted by molar-refractivity contribution is -0.140. The van der Waals surface area contributed by atoms with E-state index >= 15 is 0 Å². The van der Waals surface area contributed by atoms with E-state index in [1.54, 1.807) is 19.1 Å². The quantitative estimate of drug-likeness (QED) is 0.614. The van der Waals surface area contributed by atoms with Crippen molar-refractivity contribution >= 4 is 21.7 Å². The number of hydrogen-bond acceptors (Lipinski definition) is 5. The van der Waals surface area contributed by atoms with E-state index in [1.807, 2.05) is 6.92 Å². The molecule has 0 saturated heterocycles. The SMILES string of the molecule is COC(=O)CCNS(=O)(=O)c1c(N)ccc(C)c1C. The van der Waals surface area contributed by atoms with Gasteiger partial charge in [-0.3, -0.25) is 4.79 Å². The Hall–Kier alpha value is -1.60. The molecule has 0 spiro atoms. The second kappa shape index (κ2) is 6.03. The summed E-state index contributed by atoms with van der Waals surface area (Å²) in [4.78, 5) is 11.0. The van der Waals surface area contributed by atoms with Crippen LogP contribution in [0.3, 0.4) is 0 Å². The minimum Gasteiger partial charge on any atom is -0.469 e. The molecule has 0 aliphatic carbocycles. The number of sulfonamides is 1. The van der Waals surface area contributed by atoms with Crippen LogP contribution in [0.1, 0.15) is 17.5 Å². The zero-order chi connectivity index (χ0) is 14.6. The third-order valence-electron chi connectivity index (χ3n) is 2.82. The normalized spacial score (nSPS) is 11.3. The predicted octanol–water partition coefficient (Wildman–Crippen LogP) is 0.727. The van der Waals surface area contributed by atoms with Gasteiger partial charge in [0.2, 0.25) is 10.0 Å². The number of anilines is 1. The summed E-state index contributed by atoms with van der Waals surface area (Å²) in [5.74, 6) is -0.475. The summed E-state index contributed by atoms with van der Waals surface area (Å²) in [6.07, 6.45) is -0.0273. The molecule has 3 N–H and O–H groups in total. The van der Waals surface area contributed by atoms with E-state index in [1.165, 1.54) is 7.11 Å². The van der Waals surface area contributed by atoms with Crippen molar-refractivity contribution in [3.8, 4) is 0 Å². The van der Waals surface area contributed by atoms with Crippen molar-refractivity contribution < 1.29 is 17.9 Å². The predicted molar refractivity (Wildman–Crippen MR) is 72.1 cm³/mol. The van der Waals surface area contributed by atoms with Crippen LogP contribution in [0.25, 0.3) is 0 Å². The van der Waals surface area contributed by atoms with Gasteiger partial charge in [0.05, 0.1) is 19.2 Å². The first kappa shape index (κ1) is 15.5. The smallest absolute Gasteiger partial charge is 0.306 e. The molecule has 19 heavy (non-hydrogen) atoms. The van der Waals surface area contributed by atoms with Crippen LogP contribution < -0.4 is 10.5 Å². The maximum atomic E-state index is 12.2. The van der Waals surface area contributed by atoms with Gasteiger partial charge in [-0.1, -0.05) is 6.07 Å². The monoisotopic (exact) mass is 286 g/mol. The summed E-state index contributed by atoms with van der Waals surface area (Å²) < 4.78 is 31.1. The fourth-order valence-electron chi connectivity index (χ4n) is 1.63. The standard InChI is InChI=1S/C12H18N2O4S/c1-8-4-5-10(13)12(9(8)2)19(16,17)14-7-6-11(15)18-3/h4-5,14H,6-7,13H2,1-3H3. The van der Waals surface area contributed by atoms with E-state index in [0.29, 0.717) is 5.56 Å². The minimum absolute atomic E-state index is 0.0260. The van der Waals surface area contributed by atoms with Crippen LogP contribution in [-0.2, 0) is 19.6 Å². The number of ether oxygens (including phenoxy) is 1. The lowest BCUT2D eigenvalue weighted by Gasteiger charge is -2.13. The van der Waals surface area contributed by atoms with Crippen LogP contribution >= 0.6 is 0 Å². The van der Waals surface area contributed by atoms with Gasteiger partial charge in [0.1, 0.15) is 4.90 Å². The number of hydrogen-bond donors (Lipinski definition) is 2. The summed E-state index contributed by atoms with van der Waals surface area (Å²) in [6, 6.07) is 3.31. The van der Waals surface area contributed by atoms with Gasteiger partial charge in [0, 0.05) is 6.54 Å². The number of aryl methyl sites for hydroxylation is 1. The van der Waals surface area contributed by atoms with Crippen molar-refractivity contribution in [2.45, 2.75) is 25.2 Å². The van der Waals surface area contributed by atoms with Crippen molar-refractivity contribution in [3.05, 3.63) is 23.3 Å². The molecule has 6 nitrogen and oxygen atoms in total. The van der Waals surface area contributed by atoms with Crippen LogP contribution in [0.2, 0.25) is 0 Å². The first-order valence-electron chi connectivity index (χ1n) is 5.71. The Kier molecular flexibility index (Phi) is 4.90. The van der Waals surface area contributed by atoms with E-state index in [-0.39, 0.29) is 23.5 Å². The molecule has 1 aromatic carbocycles. The van der Waals surface area contributed by atoms with Crippen LogP contribution in [0.4, 0.5) is 5.69 Å². The van der Waals surface area contributed by atoms with Gasteiger partial charge < -0.3 is 10.5 Å². The molecular weight excluding hydrogens is 268 g/mol. The molecule has 106 valence electrons. The largest absolute Gasteiger partial charge is 0.469 e. The fourth-order valence-corrected chi connectivity index (χ4v) is 3.09. The van der Waals surface area contributed by atoms with Gasteiger partial charge in [-0.25, -0.2) is 13.1 Å². The summed E-state index contributed by atoms with van der Waals surface area (Å²) >= 11 is 0. The summed E-state index contributed by atoms with van der Waals surface area (Å²) in [5, 5.41) is 0. The third kappa shape index (κ3) is 3.68. The number of nitrogens with one attached hydrogen (secondary N) is 1. The van der Waals surface area contributed by atoms with Gasteiger partial charge in [-0.15, -0.1) is 0 Å². The van der Waals surface area contributed by atoms with Gasteiger partial charge in [-0.2, -0.15) is 0 Å². The number of nitrogens with two attached hydrogens (primary N) is 1. The zero-order valence-corrected chi connectivity index (χ0v) is 12.0. The fraction of sp³-hybridized carbons (Fsp3) is 0.417. The highest BCUT2D eigenvalue weighted by molar-refractivity contribution is 7.89. The number of rotatable bonds is 5. The molecule has 0 unspecified atom stereocenters. The molecule has 0 bridgehead atoms. The molecule has 1 rings (SSSR count).